The maximum atomic E-state index is 3.42. The molecule has 0 saturated carbocycles. The van der Waals surface area contributed by atoms with Crippen molar-refractivity contribution in [2.75, 3.05) is 0 Å². The van der Waals surface area contributed by atoms with Crippen LogP contribution in [0.25, 0.3) is 21.5 Å². The number of aryl methyl sites for hydroxylation is 1. The second-order valence-electron chi connectivity index (χ2n) is 4.90. The number of fused-ring (bicyclic) bond motifs is 2. The molecular formula is C18H17. The Bertz CT molecular complexity index is 680. The van der Waals surface area contributed by atoms with Gasteiger partial charge in [0.05, 0.1) is 0 Å². The highest BCUT2D eigenvalue weighted by Gasteiger charge is 2.00. The molecule has 3 aromatic carbocycles. The van der Waals surface area contributed by atoms with E-state index < -0.39 is 0 Å². The summed E-state index contributed by atoms with van der Waals surface area (Å²) in [6.07, 6.45) is 3.67. The van der Waals surface area contributed by atoms with Crippen LogP contribution < -0.4 is 0 Å². The summed E-state index contributed by atoms with van der Waals surface area (Å²) in [6, 6.07) is 20.9. The maximum absolute atomic E-state index is 3.42. The first-order valence-electron chi connectivity index (χ1n) is 6.70. The third-order valence-electron chi connectivity index (χ3n) is 3.49. The van der Waals surface area contributed by atoms with Gasteiger partial charge in [0.1, 0.15) is 0 Å². The zero-order chi connectivity index (χ0) is 12.4. The summed E-state index contributed by atoms with van der Waals surface area (Å²) < 4.78 is 0. The minimum atomic E-state index is 1.16. The molecule has 0 nitrogen and oxygen atoms in total. The fourth-order valence-corrected chi connectivity index (χ4v) is 2.44. The molecule has 0 aliphatic carbocycles. The van der Waals surface area contributed by atoms with Crippen molar-refractivity contribution in [2.24, 2.45) is 0 Å². The summed E-state index contributed by atoms with van der Waals surface area (Å²) in [5, 5.41) is 5.13. The van der Waals surface area contributed by atoms with E-state index in [9.17, 15) is 0 Å². The van der Waals surface area contributed by atoms with Crippen LogP contribution in [-0.2, 0) is 6.42 Å². The molecule has 0 spiro atoms. The van der Waals surface area contributed by atoms with Crippen LogP contribution in [0.2, 0.25) is 0 Å². The van der Waals surface area contributed by atoms with E-state index in [1.54, 1.807) is 0 Å². The molecule has 0 heteroatoms. The van der Waals surface area contributed by atoms with Crippen LogP contribution in [0.15, 0.2) is 48.5 Å². The Labute approximate surface area is 108 Å². The highest BCUT2D eigenvalue weighted by Crippen LogP contribution is 2.23. The van der Waals surface area contributed by atoms with E-state index in [0.29, 0.717) is 0 Å². The molecule has 0 aromatic heterocycles. The standard InChI is InChI=1S/C18H17/c1-2-3-6-14-9-10-17-12-15-7-4-5-8-16(15)13-18(17)11-14/h4-5,7-9,11-13H,2-3,6H2,1H3. The molecule has 3 rings (SSSR count). The van der Waals surface area contributed by atoms with Crippen LogP contribution >= 0.6 is 0 Å². The van der Waals surface area contributed by atoms with Crippen molar-refractivity contribution in [1.82, 2.24) is 0 Å². The smallest absolute Gasteiger partial charge is 0.00961 e. The van der Waals surface area contributed by atoms with Gasteiger partial charge in [-0.05, 0) is 58.1 Å². The molecule has 3 aromatic rings. The predicted molar refractivity (Wildman–Crippen MR) is 78.9 cm³/mol. The van der Waals surface area contributed by atoms with Crippen LogP contribution in [0.3, 0.4) is 0 Å². The predicted octanol–water partition coefficient (Wildman–Crippen LogP) is 5.14. The Hall–Kier alpha value is -1.82. The summed E-state index contributed by atoms with van der Waals surface area (Å²) in [5.41, 5.74) is 1.40. The number of unbranched alkanes of at least 4 members (excludes halogenated alkanes) is 1. The third-order valence-corrected chi connectivity index (χ3v) is 3.49. The lowest BCUT2D eigenvalue weighted by Crippen LogP contribution is -1.85. The van der Waals surface area contributed by atoms with E-state index in [1.807, 2.05) is 0 Å². The highest BCUT2D eigenvalue weighted by atomic mass is 14.0. The van der Waals surface area contributed by atoms with Gasteiger partial charge in [-0.15, -0.1) is 0 Å². The molecule has 0 atom stereocenters. The van der Waals surface area contributed by atoms with Gasteiger partial charge in [-0.1, -0.05) is 49.7 Å². The topological polar surface area (TPSA) is 0 Å². The minimum Gasteiger partial charge on any atom is -0.0654 e. The molecule has 0 heterocycles. The number of hydrogen-bond acceptors (Lipinski definition) is 0. The number of benzene rings is 3. The molecule has 0 unspecified atom stereocenters. The first kappa shape index (κ1) is 11.3. The van der Waals surface area contributed by atoms with Gasteiger partial charge in [-0.2, -0.15) is 0 Å². The summed E-state index contributed by atoms with van der Waals surface area (Å²) in [4.78, 5) is 0. The van der Waals surface area contributed by atoms with Crippen molar-refractivity contribution in [1.29, 1.82) is 0 Å². The van der Waals surface area contributed by atoms with Crippen LogP contribution in [0.1, 0.15) is 25.3 Å². The molecule has 18 heavy (non-hydrogen) atoms. The van der Waals surface area contributed by atoms with Crippen molar-refractivity contribution in [3.63, 3.8) is 0 Å². The fraction of sp³-hybridized carbons (Fsp3) is 0.222. The summed E-state index contributed by atoms with van der Waals surface area (Å²) >= 11 is 0. The summed E-state index contributed by atoms with van der Waals surface area (Å²) in [7, 11) is 0. The molecular weight excluding hydrogens is 216 g/mol. The molecule has 0 amide bonds. The third kappa shape index (κ3) is 2.11. The molecule has 0 aliphatic heterocycles. The van der Waals surface area contributed by atoms with E-state index >= 15 is 0 Å². The molecule has 89 valence electrons. The summed E-state index contributed by atoms with van der Waals surface area (Å²) in [6.45, 7) is 2.23. The average molecular weight is 233 g/mol. The van der Waals surface area contributed by atoms with Gasteiger partial charge in [0.15, 0.2) is 0 Å². The Kier molecular flexibility index (Phi) is 3.02. The van der Waals surface area contributed by atoms with Crippen LogP contribution in [0.4, 0.5) is 0 Å². The lowest BCUT2D eigenvalue weighted by Gasteiger charge is -2.05. The second-order valence-corrected chi connectivity index (χ2v) is 4.90. The minimum absolute atomic E-state index is 1.16. The Morgan fingerprint density at radius 3 is 2.50 bits per heavy atom. The quantitative estimate of drug-likeness (QED) is 0.550. The van der Waals surface area contributed by atoms with Gasteiger partial charge in [0, 0.05) is 0 Å². The van der Waals surface area contributed by atoms with E-state index in [2.05, 4.69) is 61.5 Å². The molecule has 0 aliphatic rings. The van der Waals surface area contributed by atoms with Crippen molar-refractivity contribution in [2.45, 2.75) is 26.2 Å². The van der Waals surface area contributed by atoms with Crippen LogP contribution in [-0.4, -0.2) is 0 Å². The lowest BCUT2D eigenvalue weighted by atomic mass is 10.00. The molecule has 0 N–H and O–H groups in total. The SMILES string of the molecule is CCCCc1c[c]c2cc3ccccc3cc2c1. The largest absolute Gasteiger partial charge is 0.0654 e. The molecule has 0 bridgehead atoms. The Balaban J connectivity index is 2.12. The van der Waals surface area contributed by atoms with E-state index in [0.717, 1.165) is 6.42 Å². The first-order valence-corrected chi connectivity index (χ1v) is 6.70. The van der Waals surface area contributed by atoms with Gasteiger partial charge >= 0.3 is 0 Å². The van der Waals surface area contributed by atoms with Gasteiger partial charge in [-0.25, -0.2) is 0 Å². The van der Waals surface area contributed by atoms with Crippen LogP contribution in [0, 0.1) is 6.07 Å². The van der Waals surface area contributed by atoms with Gasteiger partial charge in [-0.3, -0.25) is 0 Å². The number of rotatable bonds is 3. The van der Waals surface area contributed by atoms with Crippen LogP contribution in [0.5, 0.6) is 0 Å². The first-order chi connectivity index (χ1) is 8.86. The van der Waals surface area contributed by atoms with Crippen molar-refractivity contribution in [3.05, 3.63) is 60.2 Å². The maximum Gasteiger partial charge on any atom is -0.00961 e. The molecule has 0 fully saturated rings. The van der Waals surface area contributed by atoms with Gasteiger partial charge in [0.2, 0.25) is 0 Å². The zero-order valence-electron chi connectivity index (χ0n) is 10.7. The molecule has 0 saturated heterocycles. The van der Waals surface area contributed by atoms with Crippen molar-refractivity contribution in [3.8, 4) is 0 Å². The Morgan fingerprint density at radius 2 is 1.72 bits per heavy atom. The highest BCUT2D eigenvalue weighted by molar-refractivity contribution is 5.98. The summed E-state index contributed by atoms with van der Waals surface area (Å²) in [5.74, 6) is 0. The normalized spacial score (nSPS) is 11.2. The van der Waals surface area contributed by atoms with E-state index in [4.69, 9.17) is 0 Å². The van der Waals surface area contributed by atoms with Gasteiger partial charge in [0.25, 0.3) is 0 Å². The average Bonchev–Trinajstić information content (AvgIpc) is 2.42. The van der Waals surface area contributed by atoms with E-state index in [1.165, 1.54) is 39.9 Å². The van der Waals surface area contributed by atoms with Crippen molar-refractivity contribution < 1.29 is 0 Å². The molecule has 1 radical (unpaired) electrons. The van der Waals surface area contributed by atoms with Crippen molar-refractivity contribution >= 4 is 21.5 Å². The number of hydrogen-bond donors (Lipinski definition) is 0. The zero-order valence-corrected chi connectivity index (χ0v) is 10.7. The Morgan fingerprint density at radius 1 is 0.944 bits per heavy atom. The van der Waals surface area contributed by atoms with E-state index in [-0.39, 0.29) is 0 Å². The fourth-order valence-electron chi connectivity index (χ4n) is 2.44. The lowest BCUT2D eigenvalue weighted by molar-refractivity contribution is 0.796. The monoisotopic (exact) mass is 233 g/mol. The second kappa shape index (κ2) is 4.81. The van der Waals surface area contributed by atoms with Gasteiger partial charge < -0.3 is 0 Å².